The van der Waals surface area contributed by atoms with Crippen LogP contribution >= 0.6 is 15.6 Å². The van der Waals surface area contributed by atoms with Gasteiger partial charge in [-0.05, 0) is 25.7 Å². The number of esters is 4. The molecular formula is C35H66O17P2. The smallest absolute Gasteiger partial charge is 0.462 e. The van der Waals surface area contributed by atoms with Crippen LogP contribution in [0.2, 0.25) is 0 Å². The Morgan fingerprint density at radius 2 is 0.796 bits per heavy atom. The molecule has 0 fully saturated rings. The minimum Gasteiger partial charge on any atom is -0.462 e. The van der Waals surface area contributed by atoms with E-state index in [1.807, 2.05) is 13.8 Å². The summed E-state index contributed by atoms with van der Waals surface area (Å²) in [5.74, 6) is -2.30. The average Bonchev–Trinajstić information content (AvgIpc) is 3.12. The van der Waals surface area contributed by atoms with Crippen LogP contribution in [0, 0.1) is 0 Å². The maximum absolute atomic E-state index is 12.5. The van der Waals surface area contributed by atoms with Gasteiger partial charge in [0, 0.05) is 25.7 Å². The summed E-state index contributed by atoms with van der Waals surface area (Å²) in [4.78, 5) is 68.7. The number of unbranched alkanes of at least 4 members (excludes halogenated alkanes) is 10. The molecule has 0 radical (unpaired) electrons. The second-order valence-electron chi connectivity index (χ2n) is 12.9. The summed E-state index contributed by atoms with van der Waals surface area (Å²) >= 11 is 0. The number of aliphatic hydroxyl groups excluding tert-OH is 1. The van der Waals surface area contributed by atoms with Crippen LogP contribution < -0.4 is 0 Å². The highest BCUT2D eigenvalue weighted by molar-refractivity contribution is 7.47. The van der Waals surface area contributed by atoms with Gasteiger partial charge in [0.1, 0.15) is 19.3 Å². The molecule has 0 aromatic carbocycles. The lowest BCUT2D eigenvalue weighted by molar-refractivity contribution is -0.161. The Bertz CT molecular complexity index is 1120. The van der Waals surface area contributed by atoms with Crippen LogP contribution in [0.1, 0.15) is 143 Å². The third-order valence-electron chi connectivity index (χ3n) is 7.57. The number of phosphoric ester groups is 2. The van der Waals surface area contributed by atoms with E-state index in [9.17, 15) is 43.2 Å². The summed E-state index contributed by atoms with van der Waals surface area (Å²) in [7, 11) is -9.76. The molecule has 54 heavy (non-hydrogen) atoms. The molecule has 0 aliphatic carbocycles. The first-order chi connectivity index (χ1) is 25.7. The molecule has 0 aromatic rings. The second-order valence-corrected chi connectivity index (χ2v) is 15.8. The minimum absolute atomic E-state index is 0.0777. The molecular weight excluding hydrogens is 754 g/mol. The van der Waals surface area contributed by atoms with E-state index in [4.69, 9.17) is 37.0 Å². The largest absolute Gasteiger partial charge is 0.472 e. The Labute approximate surface area is 320 Å². The maximum atomic E-state index is 12.5. The van der Waals surface area contributed by atoms with Crippen molar-refractivity contribution < 1.29 is 80.2 Å². The van der Waals surface area contributed by atoms with Crippen molar-refractivity contribution in [3.63, 3.8) is 0 Å². The van der Waals surface area contributed by atoms with Gasteiger partial charge in [-0.25, -0.2) is 9.13 Å². The van der Waals surface area contributed by atoms with Crippen LogP contribution in [0.3, 0.4) is 0 Å². The molecule has 0 rings (SSSR count). The summed E-state index contributed by atoms with van der Waals surface area (Å²) in [6, 6.07) is 0. The number of carbonyl (C=O) groups excluding carboxylic acids is 4. The zero-order valence-electron chi connectivity index (χ0n) is 32.7. The highest BCUT2D eigenvalue weighted by atomic mass is 31.2. The van der Waals surface area contributed by atoms with E-state index in [1.54, 1.807) is 6.92 Å². The number of ether oxygens (including phenoxy) is 4. The van der Waals surface area contributed by atoms with Crippen LogP contribution in [0.15, 0.2) is 0 Å². The van der Waals surface area contributed by atoms with Gasteiger partial charge in [-0.15, -0.1) is 0 Å². The monoisotopic (exact) mass is 820 g/mol. The topological polar surface area (TPSA) is 237 Å². The van der Waals surface area contributed by atoms with Crippen LogP contribution in [0.4, 0.5) is 0 Å². The Morgan fingerprint density at radius 3 is 1.26 bits per heavy atom. The van der Waals surface area contributed by atoms with Gasteiger partial charge >= 0.3 is 39.5 Å². The zero-order valence-corrected chi connectivity index (χ0v) is 34.4. The highest BCUT2D eigenvalue weighted by Crippen LogP contribution is 2.45. The lowest BCUT2D eigenvalue weighted by atomic mass is 10.1. The third kappa shape index (κ3) is 31.3. The van der Waals surface area contributed by atoms with Crippen molar-refractivity contribution in [2.45, 2.75) is 162 Å². The number of carbonyl (C=O) groups is 4. The molecule has 3 N–H and O–H groups in total. The van der Waals surface area contributed by atoms with Crippen LogP contribution in [0.25, 0.3) is 0 Å². The number of aliphatic hydroxyl groups is 1. The van der Waals surface area contributed by atoms with E-state index in [2.05, 4.69) is 6.92 Å². The fraction of sp³-hybridized carbons (Fsp3) is 0.886. The normalized spacial score (nSPS) is 15.3. The van der Waals surface area contributed by atoms with Crippen molar-refractivity contribution in [2.24, 2.45) is 0 Å². The predicted octanol–water partition coefficient (Wildman–Crippen LogP) is 6.63. The zero-order chi connectivity index (χ0) is 40.7. The Hall–Kier alpha value is -1.94. The van der Waals surface area contributed by atoms with E-state index in [-0.39, 0.29) is 25.7 Å². The van der Waals surface area contributed by atoms with E-state index in [0.29, 0.717) is 25.7 Å². The van der Waals surface area contributed by atoms with E-state index >= 15 is 0 Å². The van der Waals surface area contributed by atoms with E-state index in [0.717, 1.165) is 44.9 Å². The van der Waals surface area contributed by atoms with Crippen molar-refractivity contribution in [1.82, 2.24) is 0 Å². The Morgan fingerprint density at radius 1 is 0.444 bits per heavy atom. The minimum atomic E-state index is -4.88. The predicted molar refractivity (Wildman–Crippen MR) is 197 cm³/mol. The van der Waals surface area contributed by atoms with Gasteiger partial charge in [-0.3, -0.25) is 37.3 Å². The van der Waals surface area contributed by atoms with Gasteiger partial charge in [-0.2, -0.15) is 0 Å². The van der Waals surface area contributed by atoms with Gasteiger partial charge in [0.25, 0.3) is 0 Å². The number of hydrogen-bond donors (Lipinski definition) is 3. The first kappa shape index (κ1) is 52.1. The highest BCUT2D eigenvalue weighted by Gasteiger charge is 2.30. The summed E-state index contributed by atoms with van der Waals surface area (Å²) in [5, 5.41) is 10.2. The number of rotatable bonds is 36. The summed E-state index contributed by atoms with van der Waals surface area (Å²) in [6.45, 7) is 3.76. The van der Waals surface area contributed by atoms with Crippen molar-refractivity contribution in [3.05, 3.63) is 0 Å². The van der Waals surface area contributed by atoms with Crippen molar-refractivity contribution >= 4 is 39.5 Å². The SMILES string of the molecule is CCCCCCCCCCC(=O)OC[C@H](COP(=O)(O)OC[C@@H](O)COP(=O)(O)OC[C@@H](COC(=O)CCC)OC(=O)CCCCC)OC(=O)CCCC. The molecule has 2 unspecified atom stereocenters. The molecule has 0 amide bonds. The first-order valence-electron chi connectivity index (χ1n) is 19.3. The standard InChI is InChI=1S/C35H66O17P2/c1-5-9-12-13-14-15-16-18-21-33(38)46-26-31(51-34(39)20-11-7-3)28-50-54(43,44)48-24-29(36)23-47-53(41,42)49-27-30(25-45-32(37)19-8-4)52-35(40)22-17-10-6-2/h29-31,36H,5-28H2,1-4H3,(H,41,42)(H,43,44)/t29-,30+,31+/m0/s1. The van der Waals surface area contributed by atoms with Crippen LogP contribution in [-0.4, -0.2) is 96.7 Å². The van der Waals surface area contributed by atoms with Crippen molar-refractivity contribution in [3.8, 4) is 0 Å². The molecule has 0 aliphatic heterocycles. The molecule has 5 atom stereocenters. The van der Waals surface area contributed by atoms with Gasteiger partial charge in [-0.1, -0.05) is 91.9 Å². The number of phosphoric acid groups is 2. The second kappa shape index (κ2) is 32.2. The molecule has 0 aliphatic rings. The summed E-state index contributed by atoms with van der Waals surface area (Å²) < 4.78 is 65.1. The Kier molecular flexibility index (Phi) is 31.0. The first-order valence-corrected chi connectivity index (χ1v) is 22.3. The van der Waals surface area contributed by atoms with Gasteiger partial charge in [0.2, 0.25) is 0 Å². The molecule has 318 valence electrons. The fourth-order valence-electron chi connectivity index (χ4n) is 4.52. The molecule has 0 saturated carbocycles. The molecule has 0 heterocycles. The van der Waals surface area contributed by atoms with Crippen LogP contribution in [-0.2, 0) is 65.4 Å². The number of hydrogen-bond acceptors (Lipinski definition) is 15. The quantitative estimate of drug-likeness (QED) is 0.0260. The van der Waals surface area contributed by atoms with Gasteiger partial charge in [0.15, 0.2) is 12.2 Å². The molecule has 0 saturated heterocycles. The average molecular weight is 821 g/mol. The lowest BCUT2D eigenvalue weighted by Gasteiger charge is -2.21. The van der Waals surface area contributed by atoms with Crippen molar-refractivity contribution in [1.29, 1.82) is 0 Å². The maximum Gasteiger partial charge on any atom is 0.472 e. The summed E-state index contributed by atoms with van der Waals surface area (Å²) in [5.41, 5.74) is 0. The summed E-state index contributed by atoms with van der Waals surface area (Å²) in [6.07, 6.45) is 8.67. The molecule has 0 spiro atoms. The van der Waals surface area contributed by atoms with Gasteiger partial charge < -0.3 is 33.8 Å². The fourth-order valence-corrected chi connectivity index (χ4v) is 6.10. The Balaban J connectivity index is 4.90. The van der Waals surface area contributed by atoms with E-state index in [1.165, 1.54) is 19.3 Å². The molecule has 17 nitrogen and oxygen atoms in total. The van der Waals surface area contributed by atoms with E-state index < -0.39 is 97.5 Å². The van der Waals surface area contributed by atoms with Crippen LogP contribution in [0.5, 0.6) is 0 Å². The van der Waals surface area contributed by atoms with Crippen molar-refractivity contribution in [2.75, 3.05) is 39.6 Å². The van der Waals surface area contributed by atoms with Gasteiger partial charge in [0.05, 0.1) is 26.4 Å². The molecule has 0 aromatic heterocycles. The lowest BCUT2D eigenvalue weighted by Crippen LogP contribution is -2.30. The molecule has 0 bridgehead atoms. The molecule has 19 heteroatoms. The third-order valence-corrected chi connectivity index (χ3v) is 9.47.